The molecule has 0 aromatic heterocycles. The molecule has 2 nitrogen and oxygen atoms in total. The molecule has 0 heterocycles. The lowest BCUT2D eigenvalue weighted by Gasteiger charge is -2.21. The average molecular weight is 370 g/mol. The number of phenols is 1. The lowest BCUT2D eigenvalue weighted by atomic mass is 10.1. The SMILES string of the molecule is O=P(c1ccccc1)(c1ccccc1)c1cc(-c2ccccc2)ccc1O. The van der Waals surface area contributed by atoms with Gasteiger partial charge in [-0.05, 0) is 23.3 Å². The molecule has 0 bridgehead atoms. The summed E-state index contributed by atoms with van der Waals surface area (Å²) in [5.74, 6) is 0.0470. The van der Waals surface area contributed by atoms with Crippen LogP contribution < -0.4 is 15.9 Å². The van der Waals surface area contributed by atoms with Gasteiger partial charge in [-0.15, -0.1) is 0 Å². The first-order valence-corrected chi connectivity index (χ1v) is 10.5. The molecule has 0 saturated carbocycles. The van der Waals surface area contributed by atoms with E-state index in [4.69, 9.17) is 0 Å². The van der Waals surface area contributed by atoms with E-state index in [0.29, 0.717) is 15.9 Å². The van der Waals surface area contributed by atoms with Crippen LogP contribution in [0.4, 0.5) is 0 Å². The van der Waals surface area contributed by atoms with Gasteiger partial charge in [0.25, 0.3) is 0 Å². The summed E-state index contributed by atoms with van der Waals surface area (Å²) in [5.41, 5.74) is 1.95. The van der Waals surface area contributed by atoms with E-state index in [1.165, 1.54) is 0 Å². The summed E-state index contributed by atoms with van der Waals surface area (Å²) in [6, 6.07) is 34.0. The fourth-order valence-corrected chi connectivity index (χ4v) is 6.05. The van der Waals surface area contributed by atoms with Crippen molar-refractivity contribution < 1.29 is 9.67 Å². The Hall–Kier alpha value is -3.09. The molecule has 0 radical (unpaired) electrons. The molecule has 1 N–H and O–H groups in total. The van der Waals surface area contributed by atoms with Crippen LogP contribution >= 0.6 is 7.14 Å². The van der Waals surface area contributed by atoms with Gasteiger partial charge in [-0.2, -0.15) is 0 Å². The summed E-state index contributed by atoms with van der Waals surface area (Å²) in [4.78, 5) is 0. The van der Waals surface area contributed by atoms with Crippen molar-refractivity contribution in [1.29, 1.82) is 0 Å². The summed E-state index contributed by atoms with van der Waals surface area (Å²) in [7, 11) is -3.21. The Morgan fingerprint density at radius 2 is 1.04 bits per heavy atom. The predicted octanol–water partition coefficient (Wildman–Crippen LogP) is 4.70. The van der Waals surface area contributed by atoms with Gasteiger partial charge in [0, 0.05) is 10.6 Å². The van der Waals surface area contributed by atoms with Crippen molar-refractivity contribution in [1.82, 2.24) is 0 Å². The first-order valence-electron chi connectivity index (χ1n) is 8.80. The maximum absolute atomic E-state index is 14.5. The van der Waals surface area contributed by atoms with E-state index in [1.807, 2.05) is 103 Å². The molecule has 27 heavy (non-hydrogen) atoms. The topological polar surface area (TPSA) is 37.3 Å². The van der Waals surface area contributed by atoms with Crippen LogP contribution in [0.3, 0.4) is 0 Å². The zero-order chi connectivity index (χ0) is 18.7. The van der Waals surface area contributed by atoms with Crippen molar-refractivity contribution >= 4 is 23.1 Å². The third kappa shape index (κ3) is 3.20. The van der Waals surface area contributed by atoms with Crippen LogP contribution in [0.15, 0.2) is 109 Å². The highest BCUT2D eigenvalue weighted by Crippen LogP contribution is 2.45. The van der Waals surface area contributed by atoms with Crippen LogP contribution in [0, 0.1) is 0 Å². The van der Waals surface area contributed by atoms with E-state index in [0.717, 1.165) is 11.1 Å². The fraction of sp³-hybridized carbons (Fsp3) is 0. The number of rotatable bonds is 4. The first-order chi connectivity index (χ1) is 13.2. The summed E-state index contributed by atoms with van der Waals surface area (Å²) in [5, 5.41) is 12.5. The molecule has 4 aromatic rings. The lowest BCUT2D eigenvalue weighted by molar-refractivity contribution is 0.479. The second-order valence-corrected chi connectivity index (χ2v) is 9.08. The van der Waals surface area contributed by atoms with Crippen molar-refractivity contribution in [2.75, 3.05) is 0 Å². The van der Waals surface area contributed by atoms with Crippen molar-refractivity contribution in [3.63, 3.8) is 0 Å². The van der Waals surface area contributed by atoms with Gasteiger partial charge >= 0.3 is 0 Å². The molecule has 0 spiro atoms. The molecule has 0 unspecified atom stereocenters. The minimum absolute atomic E-state index is 0.0470. The molecule has 3 heteroatoms. The van der Waals surface area contributed by atoms with Crippen LogP contribution in [0.5, 0.6) is 5.75 Å². The molecule has 0 aliphatic rings. The molecule has 132 valence electrons. The summed E-state index contributed by atoms with van der Waals surface area (Å²) >= 11 is 0. The van der Waals surface area contributed by atoms with Crippen LogP contribution in [-0.4, -0.2) is 5.11 Å². The fourth-order valence-electron chi connectivity index (χ4n) is 3.29. The maximum atomic E-state index is 14.5. The van der Waals surface area contributed by atoms with Crippen LogP contribution in [0.25, 0.3) is 11.1 Å². The maximum Gasteiger partial charge on any atom is 0.174 e. The second-order valence-electron chi connectivity index (χ2n) is 6.35. The molecule has 0 saturated heterocycles. The van der Waals surface area contributed by atoms with Crippen LogP contribution in [-0.2, 0) is 4.57 Å². The first kappa shape index (κ1) is 17.3. The van der Waals surface area contributed by atoms with Gasteiger partial charge in [0.15, 0.2) is 7.14 Å². The van der Waals surface area contributed by atoms with Crippen molar-refractivity contribution in [3.8, 4) is 16.9 Å². The summed E-state index contributed by atoms with van der Waals surface area (Å²) < 4.78 is 14.5. The number of hydrogen-bond donors (Lipinski definition) is 1. The minimum Gasteiger partial charge on any atom is -0.507 e. The Bertz CT molecular complexity index is 1050. The highest BCUT2D eigenvalue weighted by molar-refractivity contribution is 7.85. The molecule has 0 atom stereocenters. The Kier molecular flexibility index (Phi) is 4.66. The summed E-state index contributed by atoms with van der Waals surface area (Å²) in [6.07, 6.45) is 0. The van der Waals surface area contributed by atoms with Gasteiger partial charge in [0.05, 0.1) is 5.30 Å². The molecule has 0 fully saturated rings. The number of phenolic OH excluding ortho intramolecular Hbond substituents is 1. The van der Waals surface area contributed by atoms with E-state index >= 15 is 0 Å². The molecular weight excluding hydrogens is 351 g/mol. The third-order valence-corrected chi connectivity index (χ3v) is 7.75. The van der Waals surface area contributed by atoms with E-state index in [9.17, 15) is 9.67 Å². The molecule has 0 aliphatic carbocycles. The number of benzene rings is 4. The highest BCUT2D eigenvalue weighted by Gasteiger charge is 2.32. The van der Waals surface area contributed by atoms with Crippen LogP contribution in [0.2, 0.25) is 0 Å². The Morgan fingerprint density at radius 1 is 0.556 bits per heavy atom. The Morgan fingerprint density at radius 3 is 1.56 bits per heavy atom. The normalized spacial score (nSPS) is 11.3. The number of hydrogen-bond acceptors (Lipinski definition) is 2. The van der Waals surface area contributed by atoms with E-state index in [1.54, 1.807) is 6.07 Å². The number of aromatic hydroxyl groups is 1. The average Bonchev–Trinajstić information content (AvgIpc) is 2.75. The molecular formula is C24H19O2P. The van der Waals surface area contributed by atoms with E-state index in [-0.39, 0.29) is 5.75 Å². The van der Waals surface area contributed by atoms with Crippen molar-refractivity contribution in [2.24, 2.45) is 0 Å². The molecule has 0 aliphatic heterocycles. The predicted molar refractivity (Wildman–Crippen MR) is 113 cm³/mol. The third-order valence-electron chi connectivity index (χ3n) is 4.66. The van der Waals surface area contributed by atoms with E-state index in [2.05, 4.69) is 0 Å². The Labute approximate surface area is 159 Å². The quantitative estimate of drug-likeness (QED) is 0.529. The monoisotopic (exact) mass is 370 g/mol. The zero-order valence-corrected chi connectivity index (χ0v) is 15.6. The van der Waals surface area contributed by atoms with Crippen molar-refractivity contribution in [2.45, 2.75) is 0 Å². The molecule has 4 aromatic carbocycles. The van der Waals surface area contributed by atoms with Gasteiger partial charge in [0.1, 0.15) is 5.75 Å². The van der Waals surface area contributed by atoms with Gasteiger partial charge in [0.2, 0.25) is 0 Å². The highest BCUT2D eigenvalue weighted by atomic mass is 31.2. The van der Waals surface area contributed by atoms with Gasteiger partial charge < -0.3 is 9.67 Å². The molecule has 4 rings (SSSR count). The smallest absolute Gasteiger partial charge is 0.174 e. The van der Waals surface area contributed by atoms with Gasteiger partial charge in [-0.3, -0.25) is 0 Å². The Balaban J connectivity index is 1.98. The second kappa shape index (κ2) is 7.26. The van der Waals surface area contributed by atoms with E-state index < -0.39 is 7.14 Å². The molecule has 0 amide bonds. The lowest BCUT2D eigenvalue weighted by Crippen LogP contribution is -2.25. The standard InChI is InChI=1S/C24H19O2P/c25-23-17-16-20(19-10-4-1-5-11-19)18-24(23)27(26,21-12-6-2-7-13-21)22-14-8-3-9-15-22/h1-18,25H. The largest absolute Gasteiger partial charge is 0.507 e. The zero-order valence-electron chi connectivity index (χ0n) is 14.7. The van der Waals surface area contributed by atoms with Gasteiger partial charge in [-0.25, -0.2) is 0 Å². The van der Waals surface area contributed by atoms with Gasteiger partial charge in [-0.1, -0.05) is 97.1 Å². The van der Waals surface area contributed by atoms with Crippen LogP contribution in [0.1, 0.15) is 0 Å². The minimum atomic E-state index is -3.21. The van der Waals surface area contributed by atoms with Crippen molar-refractivity contribution in [3.05, 3.63) is 109 Å². The summed E-state index contributed by atoms with van der Waals surface area (Å²) in [6.45, 7) is 0.